The number of rotatable bonds is 1. The first kappa shape index (κ1) is 8.25. The number of pyridine rings is 1. The van der Waals surface area contributed by atoms with Crippen molar-refractivity contribution in [2.45, 2.75) is 26.7 Å². The number of hydrogen-bond donors (Lipinski definition) is 0. The van der Waals surface area contributed by atoms with E-state index in [1.807, 2.05) is 0 Å². The molecule has 0 saturated carbocycles. The van der Waals surface area contributed by atoms with Gasteiger partial charge >= 0.3 is 0 Å². The van der Waals surface area contributed by atoms with Crippen molar-refractivity contribution >= 4 is 0 Å². The summed E-state index contributed by atoms with van der Waals surface area (Å²) in [6.07, 6.45) is 2.12. The van der Waals surface area contributed by atoms with Gasteiger partial charge < -0.3 is 0 Å². The molecular weight excluding hydrogens is 134 g/mol. The van der Waals surface area contributed by atoms with Gasteiger partial charge in [-0.3, -0.25) is 0 Å². The predicted octanol–water partition coefficient (Wildman–Crippen LogP) is 1.94. The predicted molar refractivity (Wildman–Crippen MR) is 46.4 cm³/mol. The molecule has 1 aromatic heterocycles. The topological polar surface area (TPSA) is 3.88 Å². The number of aryl methyl sites for hydroxylation is 2. The van der Waals surface area contributed by atoms with Crippen molar-refractivity contribution in [1.29, 1.82) is 0 Å². The Labute approximate surface area is 68.7 Å². The summed E-state index contributed by atoms with van der Waals surface area (Å²) < 4.78 is 2.13. The summed E-state index contributed by atoms with van der Waals surface area (Å²) in [5.74, 6) is 0.634. The minimum Gasteiger partial charge on any atom is -0.205 e. The third-order valence-corrected chi connectivity index (χ3v) is 2.09. The lowest BCUT2D eigenvalue weighted by atomic mass is 10.0. The number of hydrogen-bond acceptors (Lipinski definition) is 0. The Balaban J connectivity index is 3.05. The lowest BCUT2D eigenvalue weighted by Crippen LogP contribution is -2.31. The normalized spacial score (nSPS) is 10.6. The molecule has 0 atom stereocenters. The van der Waals surface area contributed by atoms with Crippen molar-refractivity contribution in [1.82, 2.24) is 0 Å². The van der Waals surface area contributed by atoms with Gasteiger partial charge in [0.25, 0.3) is 0 Å². The van der Waals surface area contributed by atoms with E-state index < -0.39 is 0 Å². The molecule has 0 aliphatic heterocycles. The molecular formula is C10H16N+. The van der Waals surface area contributed by atoms with Gasteiger partial charge in [0.2, 0.25) is 0 Å². The van der Waals surface area contributed by atoms with Gasteiger partial charge in [0, 0.05) is 19.1 Å². The van der Waals surface area contributed by atoms with Crippen molar-refractivity contribution in [2.75, 3.05) is 0 Å². The van der Waals surface area contributed by atoms with Crippen LogP contribution in [0.3, 0.4) is 0 Å². The van der Waals surface area contributed by atoms with Crippen LogP contribution < -0.4 is 4.57 Å². The van der Waals surface area contributed by atoms with Gasteiger partial charge in [-0.15, -0.1) is 0 Å². The van der Waals surface area contributed by atoms with Crippen LogP contribution in [0.25, 0.3) is 0 Å². The van der Waals surface area contributed by atoms with Gasteiger partial charge in [-0.05, 0) is 11.5 Å². The fourth-order valence-electron chi connectivity index (χ4n) is 1.07. The largest absolute Gasteiger partial charge is 0.205 e. The Bertz CT molecular complexity index is 251. The zero-order valence-electron chi connectivity index (χ0n) is 7.76. The van der Waals surface area contributed by atoms with Gasteiger partial charge in [-0.25, -0.2) is 4.57 Å². The Kier molecular flexibility index (Phi) is 2.28. The molecule has 1 heteroatoms. The molecule has 0 N–H and O–H groups in total. The molecule has 0 bridgehead atoms. The highest BCUT2D eigenvalue weighted by molar-refractivity contribution is 5.15. The van der Waals surface area contributed by atoms with E-state index in [1.54, 1.807) is 0 Å². The summed E-state index contributed by atoms with van der Waals surface area (Å²) in [7, 11) is 2.07. The molecule has 0 aromatic carbocycles. The van der Waals surface area contributed by atoms with Gasteiger partial charge in [0.1, 0.15) is 7.05 Å². The maximum atomic E-state index is 2.24. The molecule has 0 amide bonds. The second-order valence-corrected chi connectivity index (χ2v) is 3.37. The van der Waals surface area contributed by atoms with E-state index >= 15 is 0 Å². The SMILES string of the molecule is Cc1cc(C(C)C)cc[n+]1C. The smallest absolute Gasteiger partial charge is 0.178 e. The molecule has 1 heterocycles. The van der Waals surface area contributed by atoms with Crippen LogP contribution in [0.15, 0.2) is 18.3 Å². The van der Waals surface area contributed by atoms with Crippen molar-refractivity contribution in [2.24, 2.45) is 7.05 Å². The number of aromatic nitrogens is 1. The van der Waals surface area contributed by atoms with Crippen LogP contribution in [0.4, 0.5) is 0 Å². The molecule has 0 unspecified atom stereocenters. The fraction of sp³-hybridized carbons (Fsp3) is 0.500. The van der Waals surface area contributed by atoms with Crippen molar-refractivity contribution in [3.8, 4) is 0 Å². The molecule has 0 radical (unpaired) electrons. The maximum Gasteiger partial charge on any atom is 0.178 e. The van der Waals surface area contributed by atoms with Crippen LogP contribution in [-0.2, 0) is 7.05 Å². The van der Waals surface area contributed by atoms with Gasteiger partial charge in [-0.1, -0.05) is 13.8 Å². The van der Waals surface area contributed by atoms with Crippen molar-refractivity contribution in [3.63, 3.8) is 0 Å². The summed E-state index contributed by atoms with van der Waals surface area (Å²) in [4.78, 5) is 0. The summed E-state index contributed by atoms with van der Waals surface area (Å²) in [5.41, 5.74) is 2.73. The van der Waals surface area contributed by atoms with Gasteiger partial charge in [0.15, 0.2) is 11.9 Å². The highest BCUT2D eigenvalue weighted by atomic mass is 14.9. The summed E-state index contributed by atoms with van der Waals surface area (Å²) in [6, 6.07) is 4.42. The van der Waals surface area contributed by atoms with E-state index in [9.17, 15) is 0 Å². The van der Waals surface area contributed by atoms with E-state index in [1.165, 1.54) is 11.3 Å². The second kappa shape index (κ2) is 3.04. The average molecular weight is 150 g/mol. The summed E-state index contributed by atoms with van der Waals surface area (Å²) in [5, 5.41) is 0. The minimum absolute atomic E-state index is 0.634. The summed E-state index contributed by atoms with van der Waals surface area (Å²) in [6.45, 7) is 6.56. The molecule has 0 saturated heterocycles. The molecule has 1 aromatic rings. The third-order valence-electron chi connectivity index (χ3n) is 2.09. The molecule has 1 rings (SSSR count). The molecule has 60 valence electrons. The zero-order chi connectivity index (χ0) is 8.43. The van der Waals surface area contributed by atoms with Crippen LogP contribution in [0.5, 0.6) is 0 Å². The Morgan fingerprint density at radius 1 is 1.36 bits per heavy atom. The van der Waals surface area contributed by atoms with E-state index in [2.05, 4.69) is 50.7 Å². The standard InChI is InChI=1S/C10H16N/c1-8(2)10-5-6-11(4)9(3)7-10/h5-8H,1-4H3/q+1. The highest BCUT2D eigenvalue weighted by Crippen LogP contribution is 2.12. The Hall–Kier alpha value is -0.850. The summed E-state index contributed by atoms with van der Waals surface area (Å²) >= 11 is 0. The molecule has 1 nitrogen and oxygen atoms in total. The van der Waals surface area contributed by atoms with Crippen LogP contribution in [0.1, 0.15) is 31.0 Å². The van der Waals surface area contributed by atoms with Crippen LogP contribution in [0, 0.1) is 6.92 Å². The van der Waals surface area contributed by atoms with Crippen LogP contribution in [0.2, 0.25) is 0 Å². The highest BCUT2D eigenvalue weighted by Gasteiger charge is 2.04. The maximum absolute atomic E-state index is 2.24. The average Bonchev–Trinajstić information content (AvgIpc) is 1.94. The van der Waals surface area contributed by atoms with Crippen LogP contribution >= 0.6 is 0 Å². The first-order valence-electron chi connectivity index (χ1n) is 4.07. The minimum atomic E-state index is 0.634. The molecule has 0 fully saturated rings. The Morgan fingerprint density at radius 3 is 2.45 bits per heavy atom. The molecule has 11 heavy (non-hydrogen) atoms. The van der Waals surface area contributed by atoms with Gasteiger partial charge in [-0.2, -0.15) is 0 Å². The number of nitrogens with zero attached hydrogens (tertiary/aromatic N) is 1. The first-order valence-corrected chi connectivity index (χ1v) is 4.07. The van der Waals surface area contributed by atoms with E-state index in [0.717, 1.165) is 0 Å². The van der Waals surface area contributed by atoms with E-state index in [4.69, 9.17) is 0 Å². The lowest BCUT2D eigenvalue weighted by Gasteiger charge is -2.03. The molecule has 0 aliphatic carbocycles. The van der Waals surface area contributed by atoms with Crippen molar-refractivity contribution < 1.29 is 4.57 Å². The zero-order valence-corrected chi connectivity index (χ0v) is 7.76. The van der Waals surface area contributed by atoms with Crippen molar-refractivity contribution in [3.05, 3.63) is 29.6 Å². The third kappa shape index (κ3) is 1.79. The first-order chi connectivity index (χ1) is 5.11. The molecule has 0 aliphatic rings. The quantitative estimate of drug-likeness (QED) is 0.539. The lowest BCUT2D eigenvalue weighted by molar-refractivity contribution is -0.677. The van der Waals surface area contributed by atoms with Crippen LogP contribution in [-0.4, -0.2) is 0 Å². The Morgan fingerprint density at radius 2 is 2.00 bits per heavy atom. The van der Waals surface area contributed by atoms with Gasteiger partial charge in [0.05, 0.1) is 0 Å². The second-order valence-electron chi connectivity index (χ2n) is 3.37. The fourth-order valence-corrected chi connectivity index (χ4v) is 1.07. The van der Waals surface area contributed by atoms with E-state index in [-0.39, 0.29) is 0 Å². The van der Waals surface area contributed by atoms with E-state index in [0.29, 0.717) is 5.92 Å². The molecule has 0 spiro atoms. The monoisotopic (exact) mass is 150 g/mol.